The number of aliphatic hydroxyl groups is 2. The number of halogens is 5. The largest absolute Gasteiger partial charge is 0.396 e. The molecule has 0 spiro atoms. The van der Waals surface area contributed by atoms with Gasteiger partial charge in [-0.2, -0.15) is 5.10 Å². The number of anilines is 1. The van der Waals surface area contributed by atoms with E-state index in [-0.39, 0.29) is 35.9 Å². The standard InChI is InChI=1S/C23H27F5N4O3S/c1-23(2,35)17-11-19-15(12-32(31-19)16-8-6-14(13-33)7-9-16)10-20(17)30-22(34)18-4-3-5-21(29-18)36(24,25,26,27)28/h3-5,10-12,14,16,33,35H,6-9,13H2,1-2H3,(H,30,34). The molecule has 36 heavy (non-hydrogen) atoms. The molecular weight excluding hydrogens is 507 g/mol. The van der Waals surface area contributed by atoms with Crippen molar-refractivity contribution in [3.8, 4) is 0 Å². The van der Waals surface area contributed by atoms with E-state index in [2.05, 4.69) is 15.4 Å². The van der Waals surface area contributed by atoms with Crippen molar-refractivity contribution in [2.75, 3.05) is 11.9 Å². The highest BCUT2D eigenvalue weighted by Crippen LogP contribution is 3.01. The number of fused-ring (bicyclic) bond motifs is 1. The molecule has 0 saturated heterocycles. The molecule has 0 bridgehead atoms. The first kappa shape index (κ1) is 26.3. The third kappa shape index (κ3) is 5.62. The number of rotatable bonds is 6. The number of nitrogens with one attached hydrogen (secondary N) is 1. The third-order valence-electron chi connectivity index (χ3n) is 6.37. The fourth-order valence-corrected chi connectivity index (χ4v) is 5.03. The average Bonchev–Trinajstić information content (AvgIpc) is 3.19. The number of carbonyl (C=O) groups excluding carboxylic acids is 1. The summed E-state index contributed by atoms with van der Waals surface area (Å²) < 4.78 is 67.6. The molecule has 0 unspecified atom stereocenters. The van der Waals surface area contributed by atoms with Crippen LogP contribution < -0.4 is 5.32 Å². The summed E-state index contributed by atoms with van der Waals surface area (Å²) in [6, 6.07) is 4.91. The van der Waals surface area contributed by atoms with Gasteiger partial charge in [-0.25, -0.2) is 4.98 Å². The van der Waals surface area contributed by atoms with Gasteiger partial charge in [-0.05, 0) is 69.7 Å². The van der Waals surface area contributed by atoms with E-state index in [9.17, 15) is 34.4 Å². The van der Waals surface area contributed by atoms with Crippen LogP contribution in [0, 0.1) is 5.92 Å². The number of pyridine rings is 1. The van der Waals surface area contributed by atoms with Gasteiger partial charge in [0.25, 0.3) is 5.91 Å². The van der Waals surface area contributed by atoms with Crippen molar-refractivity contribution < 1.29 is 34.4 Å². The zero-order valence-electron chi connectivity index (χ0n) is 19.6. The predicted molar refractivity (Wildman–Crippen MR) is 127 cm³/mol. The first-order valence-electron chi connectivity index (χ1n) is 11.3. The Morgan fingerprint density at radius 3 is 2.39 bits per heavy atom. The second-order valence-electron chi connectivity index (χ2n) is 9.77. The monoisotopic (exact) mass is 534 g/mol. The summed E-state index contributed by atoms with van der Waals surface area (Å²) in [5.74, 6) is -0.876. The van der Waals surface area contributed by atoms with Crippen molar-refractivity contribution in [2.45, 2.75) is 56.2 Å². The van der Waals surface area contributed by atoms with Gasteiger partial charge in [0, 0.05) is 29.4 Å². The SMILES string of the molecule is CC(C)(O)c1cc2nn(C3CCC(CO)CC3)cc2cc1NC(=O)c1cccc(S(F)(F)(F)(F)F)n1. The molecule has 0 radical (unpaired) electrons. The van der Waals surface area contributed by atoms with Gasteiger partial charge < -0.3 is 15.5 Å². The molecule has 0 atom stereocenters. The minimum absolute atomic E-state index is 0.0862. The molecule has 2 heterocycles. The van der Waals surface area contributed by atoms with Gasteiger partial charge in [-0.3, -0.25) is 9.48 Å². The number of benzene rings is 1. The molecule has 0 aliphatic heterocycles. The summed E-state index contributed by atoms with van der Waals surface area (Å²) in [5.41, 5.74) is -1.46. The zero-order chi connectivity index (χ0) is 26.6. The first-order valence-corrected chi connectivity index (χ1v) is 13.3. The predicted octanol–water partition coefficient (Wildman–Crippen LogP) is 6.29. The van der Waals surface area contributed by atoms with Crippen LogP contribution in [0.15, 0.2) is 41.6 Å². The number of carbonyl (C=O) groups is 1. The zero-order valence-corrected chi connectivity index (χ0v) is 20.4. The van der Waals surface area contributed by atoms with Crippen LogP contribution in [-0.4, -0.2) is 37.5 Å². The van der Waals surface area contributed by atoms with Crippen molar-refractivity contribution >= 4 is 32.7 Å². The normalized spacial score (nSPS) is 21.1. The van der Waals surface area contributed by atoms with Gasteiger partial charge >= 0.3 is 10.2 Å². The number of hydrogen-bond acceptors (Lipinski definition) is 5. The van der Waals surface area contributed by atoms with Crippen molar-refractivity contribution in [2.24, 2.45) is 5.92 Å². The lowest BCUT2D eigenvalue weighted by molar-refractivity contribution is 0.0793. The molecule has 198 valence electrons. The Balaban J connectivity index is 1.68. The van der Waals surface area contributed by atoms with Crippen molar-refractivity contribution in [3.63, 3.8) is 0 Å². The molecule has 1 amide bonds. The lowest BCUT2D eigenvalue weighted by atomic mass is 9.87. The molecule has 1 aromatic carbocycles. The Bertz CT molecular complexity index is 1310. The number of nitrogens with zero attached hydrogens (tertiary/aromatic N) is 3. The van der Waals surface area contributed by atoms with Crippen molar-refractivity contribution in [1.82, 2.24) is 14.8 Å². The third-order valence-corrected chi connectivity index (χ3v) is 7.39. The molecule has 13 heteroatoms. The fraction of sp³-hybridized carbons (Fsp3) is 0.435. The Morgan fingerprint density at radius 1 is 1.14 bits per heavy atom. The molecule has 3 aromatic rings. The minimum atomic E-state index is -10.1. The van der Waals surface area contributed by atoms with E-state index in [0.717, 1.165) is 31.7 Å². The first-order chi connectivity index (χ1) is 16.4. The van der Waals surface area contributed by atoms with Crippen LogP contribution in [0.4, 0.5) is 25.1 Å². The van der Waals surface area contributed by atoms with Crippen molar-refractivity contribution in [1.29, 1.82) is 0 Å². The van der Waals surface area contributed by atoms with Gasteiger partial charge in [0.05, 0.1) is 17.2 Å². The smallest absolute Gasteiger partial charge is 0.325 e. The van der Waals surface area contributed by atoms with E-state index in [1.54, 1.807) is 16.9 Å². The van der Waals surface area contributed by atoms with Crippen LogP contribution in [0.5, 0.6) is 0 Å². The van der Waals surface area contributed by atoms with E-state index in [1.807, 2.05) is 0 Å². The molecule has 7 nitrogen and oxygen atoms in total. The molecule has 1 saturated carbocycles. The lowest BCUT2D eigenvalue weighted by Gasteiger charge is -2.39. The molecular formula is C23H27F5N4O3S. The second kappa shape index (κ2) is 8.12. The number of aromatic nitrogens is 3. The molecule has 2 aromatic heterocycles. The van der Waals surface area contributed by atoms with Gasteiger partial charge in [0.15, 0.2) is 5.03 Å². The van der Waals surface area contributed by atoms with E-state index in [4.69, 9.17) is 0 Å². The Hall–Kier alpha value is -2.77. The maximum atomic E-state index is 13.2. The number of amides is 1. The fourth-order valence-electron chi connectivity index (χ4n) is 4.42. The second-order valence-corrected chi connectivity index (χ2v) is 12.1. The van der Waals surface area contributed by atoms with Crippen LogP contribution >= 0.6 is 10.2 Å². The quantitative estimate of drug-likeness (QED) is 0.323. The molecule has 3 N–H and O–H groups in total. The topological polar surface area (TPSA) is 100 Å². The summed E-state index contributed by atoms with van der Waals surface area (Å²) in [6.45, 7) is 3.07. The van der Waals surface area contributed by atoms with Crippen molar-refractivity contribution in [3.05, 3.63) is 47.8 Å². The highest BCUT2D eigenvalue weighted by Gasteiger charge is 2.67. The average molecular weight is 535 g/mol. The van der Waals surface area contributed by atoms with Gasteiger partial charge in [0.2, 0.25) is 0 Å². The number of hydrogen-bond donors (Lipinski definition) is 3. The summed E-state index contributed by atoms with van der Waals surface area (Å²) in [5, 5.41) is 25.2. The maximum Gasteiger partial charge on any atom is 0.325 e. The summed E-state index contributed by atoms with van der Waals surface area (Å²) >= 11 is 0. The maximum absolute atomic E-state index is 13.2. The van der Waals surface area contributed by atoms with Crippen LogP contribution in [0.25, 0.3) is 10.9 Å². The Morgan fingerprint density at radius 2 is 1.81 bits per heavy atom. The minimum Gasteiger partial charge on any atom is -0.396 e. The van der Waals surface area contributed by atoms with E-state index >= 15 is 0 Å². The van der Waals surface area contributed by atoms with Crippen LogP contribution in [-0.2, 0) is 5.60 Å². The van der Waals surface area contributed by atoms with E-state index in [1.165, 1.54) is 19.9 Å². The van der Waals surface area contributed by atoms with Gasteiger partial charge in [0.1, 0.15) is 5.69 Å². The summed E-state index contributed by atoms with van der Waals surface area (Å²) in [6.07, 6.45) is 5.15. The van der Waals surface area contributed by atoms with Crippen LogP contribution in [0.1, 0.15) is 61.6 Å². The Kier molecular flexibility index (Phi) is 5.93. The van der Waals surface area contributed by atoms with E-state index in [0.29, 0.717) is 17.0 Å². The highest BCUT2D eigenvalue weighted by molar-refractivity contribution is 8.45. The summed E-state index contributed by atoms with van der Waals surface area (Å²) in [4.78, 5) is 15.6. The lowest BCUT2D eigenvalue weighted by Crippen LogP contribution is -2.22. The molecule has 4 rings (SSSR count). The molecule has 1 fully saturated rings. The van der Waals surface area contributed by atoms with Gasteiger partial charge in [-0.15, -0.1) is 0 Å². The molecule has 1 aliphatic carbocycles. The molecule has 1 aliphatic rings. The van der Waals surface area contributed by atoms with E-state index < -0.39 is 32.5 Å². The van der Waals surface area contributed by atoms with Gasteiger partial charge in [-0.1, -0.05) is 25.5 Å². The number of aliphatic hydroxyl groups excluding tert-OH is 1. The van der Waals surface area contributed by atoms with Crippen LogP contribution in [0.2, 0.25) is 0 Å². The summed E-state index contributed by atoms with van der Waals surface area (Å²) in [7, 11) is -10.1. The van der Waals surface area contributed by atoms with Crippen LogP contribution in [0.3, 0.4) is 0 Å². The Labute approximate surface area is 204 Å². The highest BCUT2D eigenvalue weighted by atomic mass is 32.5.